The van der Waals surface area contributed by atoms with Crippen LogP contribution >= 0.6 is 0 Å². The highest BCUT2D eigenvalue weighted by Crippen LogP contribution is 2.49. The third-order valence-corrected chi connectivity index (χ3v) is 5.86. The zero-order chi connectivity index (χ0) is 20.6. The molecule has 1 heterocycles. The monoisotopic (exact) mass is 393 g/mol. The lowest BCUT2D eigenvalue weighted by Gasteiger charge is -2.36. The van der Waals surface area contributed by atoms with Crippen LogP contribution in [0.25, 0.3) is 0 Å². The normalized spacial score (nSPS) is 18.2. The average molecular weight is 393 g/mol. The van der Waals surface area contributed by atoms with Crippen LogP contribution in [-0.2, 0) is 10.5 Å². The minimum atomic E-state index is -1.29. The Morgan fingerprint density at radius 2 is 1.83 bits per heavy atom. The van der Waals surface area contributed by atoms with Crippen molar-refractivity contribution in [2.75, 3.05) is 21.2 Å². The lowest BCUT2D eigenvalue weighted by Crippen LogP contribution is -2.56. The Hall–Kier alpha value is -2.73. The number of likely N-dealkylation sites (N-methyl/N-ethyl adjacent to an activating group) is 1. The van der Waals surface area contributed by atoms with E-state index in [1.54, 1.807) is 26.1 Å². The van der Waals surface area contributed by atoms with Crippen LogP contribution in [0, 0.1) is 0 Å². The molecule has 1 amide bonds. The van der Waals surface area contributed by atoms with Gasteiger partial charge in [-0.2, -0.15) is 0 Å². The molecule has 0 radical (unpaired) electrons. The van der Waals surface area contributed by atoms with Gasteiger partial charge < -0.3 is 10.1 Å². The summed E-state index contributed by atoms with van der Waals surface area (Å²) in [5, 5.41) is 2.91. The number of amides is 1. The number of hydrogen-bond donors (Lipinski definition) is 1. The molecule has 2 aliphatic rings. The van der Waals surface area contributed by atoms with E-state index in [1.165, 1.54) is 18.4 Å². The SMILES string of the molecule is COc1cc(C2CC2)c(C2CC2)nc1C(=O)NC(C=O)(c1ccccc1)N(C)C. The number of pyridine rings is 1. The molecule has 2 saturated carbocycles. The largest absolute Gasteiger partial charge is 0.494 e. The Bertz CT molecular complexity index is 920. The first-order chi connectivity index (χ1) is 14.0. The smallest absolute Gasteiger partial charge is 0.275 e. The van der Waals surface area contributed by atoms with Crippen molar-refractivity contribution < 1.29 is 14.3 Å². The predicted molar refractivity (Wildman–Crippen MR) is 110 cm³/mol. The Morgan fingerprint density at radius 3 is 2.34 bits per heavy atom. The molecule has 1 aromatic carbocycles. The summed E-state index contributed by atoms with van der Waals surface area (Å²) in [4.78, 5) is 32.0. The molecule has 0 spiro atoms. The topological polar surface area (TPSA) is 71.5 Å². The van der Waals surface area contributed by atoms with Gasteiger partial charge >= 0.3 is 0 Å². The van der Waals surface area contributed by atoms with Crippen LogP contribution in [-0.4, -0.2) is 43.3 Å². The molecule has 1 N–H and O–H groups in total. The number of methoxy groups -OCH3 is 1. The fraction of sp³-hybridized carbons (Fsp3) is 0.435. The summed E-state index contributed by atoms with van der Waals surface area (Å²) in [5.41, 5.74) is 1.88. The van der Waals surface area contributed by atoms with Gasteiger partial charge in [0, 0.05) is 11.6 Å². The zero-order valence-corrected chi connectivity index (χ0v) is 17.1. The lowest BCUT2D eigenvalue weighted by molar-refractivity contribution is -0.119. The van der Waals surface area contributed by atoms with Crippen molar-refractivity contribution in [2.24, 2.45) is 0 Å². The Labute approximate surface area is 171 Å². The molecule has 0 saturated heterocycles. The maximum absolute atomic E-state index is 13.3. The minimum absolute atomic E-state index is 0.239. The van der Waals surface area contributed by atoms with Crippen LogP contribution in [0.4, 0.5) is 0 Å². The third kappa shape index (κ3) is 3.65. The summed E-state index contributed by atoms with van der Waals surface area (Å²) in [7, 11) is 5.08. The molecule has 29 heavy (non-hydrogen) atoms. The molecule has 0 bridgehead atoms. The number of nitrogens with one attached hydrogen (secondary N) is 1. The summed E-state index contributed by atoms with van der Waals surface area (Å²) in [6.07, 6.45) is 5.31. The molecule has 1 aromatic heterocycles. The number of benzene rings is 1. The van der Waals surface area contributed by atoms with Crippen molar-refractivity contribution in [1.29, 1.82) is 0 Å². The number of carbonyl (C=O) groups is 2. The number of ether oxygens (including phenoxy) is 1. The highest BCUT2D eigenvalue weighted by atomic mass is 16.5. The number of aldehydes is 1. The minimum Gasteiger partial charge on any atom is -0.494 e. The zero-order valence-electron chi connectivity index (χ0n) is 17.1. The second kappa shape index (κ2) is 7.59. The van der Waals surface area contributed by atoms with Crippen molar-refractivity contribution in [2.45, 2.75) is 43.2 Å². The van der Waals surface area contributed by atoms with E-state index in [0.717, 1.165) is 24.8 Å². The maximum Gasteiger partial charge on any atom is 0.275 e. The van der Waals surface area contributed by atoms with Gasteiger partial charge in [0.1, 0.15) is 0 Å². The fourth-order valence-electron chi connectivity index (χ4n) is 3.82. The van der Waals surface area contributed by atoms with Crippen LogP contribution in [0.15, 0.2) is 36.4 Å². The first-order valence-electron chi connectivity index (χ1n) is 10.1. The van der Waals surface area contributed by atoms with E-state index in [0.29, 0.717) is 23.1 Å². The van der Waals surface area contributed by atoms with Crippen LogP contribution in [0.5, 0.6) is 5.75 Å². The van der Waals surface area contributed by atoms with Gasteiger partial charge in [0.25, 0.3) is 5.91 Å². The summed E-state index contributed by atoms with van der Waals surface area (Å²) in [6, 6.07) is 11.2. The van der Waals surface area contributed by atoms with E-state index in [2.05, 4.69) is 5.32 Å². The van der Waals surface area contributed by atoms with E-state index in [1.807, 2.05) is 36.4 Å². The molecular weight excluding hydrogens is 366 g/mol. The van der Waals surface area contributed by atoms with Gasteiger partial charge in [0.05, 0.1) is 7.11 Å². The van der Waals surface area contributed by atoms with Gasteiger partial charge in [0.2, 0.25) is 0 Å². The molecule has 1 unspecified atom stereocenters. The van der Waals surface area contributed by atoms with Gasteiger partial charge in [-0.15, -0.1) is 0 Å². The second-order valence-electron chi connectivity index (χ2n) is 8.16. The molecule has 1 atom stereocenters. The second-order valence-corrected chi connectivity index (χ2v) is 8.16. The number of carbonyl (C=O) groups excluding carboxylic acids is 2. The van der Waals surface area contributed by atoms with Crippen molar-refractivity contribution in [3.8, 4) is 5.75 Å². The molecule has 2 aliphatic carbocycles. The molecule has 6 heteroatoms. The van der Waals surface area contributed by atoms with Crippen molar-refractivity contribution in [3.05, 3.63) is 58.9 Å². The fourth-order valence-corrected chi connectivity index (χ4v) is 3.82. The molecule has 0 aliphatic heterocycles. The molecule has 2 aromatic rings. The van der Waals surface area contributed by atoms with E-state index in [-0.39, 0.29) is 5.69 Å². The molecule has 4 rings (SSSR count). The predicted octanol–water partition coefficient (Wildman–Crippen LogP) is 3.19. The Morgan fingerprint density at radius 1 is 1.17 bits per heavy atom. The van der Waals surface area contributed by atoms with E-state index >= 15 is 0 Å². The standard InChI is InChI=1S/C23H27N3O3/c1-26(2)23(14-27,17-7-5-4-6-8-17)25-22(28)21-19(29-3)13-18(15-9-10-15)20(24-21)16-11-12-16/h4-8,13-16H,9-12H2,1-3H3,(H,25,28). The number of hydrogen-bond acceptors (Lipinski definition) is 5. The first kappa shape index (κ1) is 19.6. The van der Waals surface area contributed by atoms with Gasteiger partial charge in [-0.1, -0.05) is 30.3 Å². The molecule has 2 fully saturated rings. The summed E-state index contributed by atoms with van der Waals surface area (Å²) in [5.74, 6) is 1.00. The Kier molecular flexibility index (Phi) is 5.13. The van der Waals surface area contributed by atoms with Crippen LogP contribution < -0.4 is 10.1 Å². The quantitative estimate of drug-likeness (QED) is 0.551. The molecular formula is C23H27N3O3. The van der Waals surface area contributed by atoms with E-state index in [9.17, 15) is 9.59 Å². The molecule has 152 valence electrons. The summed E-state index contributed by atoms with van der Waals surface area (Å²) < 4.78 is 5.53. The number of aromatic nitrogens is 1. The van der Waals surface area contributed by atoms with Crippen molar-refractivity contribution in [3.63, 3.8) is 0 Å². The summed E-state index contributed by atoms with van der Waals surface area (Å²) in [6.45, 7) is 0. The number of rotatable bonds is 8. The van der Waals surface area contributed by atoms with Gasteiger partial charge in [-0.25, -0.2) is 4.98 Å². The highest BCUT2D eigenvalue weighted by Gasteiger charge is 2.39. The maximum atomic E-state index is 13.3. The van der Waals surface area contributed by atoms with Crippen LogP contribution in [0.1, 0.15) is 64.8 Å². The average Bonchev–Trinajstić information content (AvgIpc) is 3.64. The van der Waals surface area contributed by atoms with E-state index in [4.69, 9.17) is 9.72 Å². The van der Waals surface area contributed by atoms with E-state index < -0.39 is 11.6 Å². The highest BCUT2D eigenvalue weighted by molar-refractivity contribution is 5.97. The van der Waals surface area contributed by atoms with Gasteiger partial charge in [0.15, 0.2) is 23.4 Å². The first-order valence-corrected chi connectivity index (χ1v) is 10.1. The van der Waals surface area contributed by atoms with Crippen LogP contribution in [0.3, 0.4) is 0 Å². The number of nitrogens with zero attached hydrogens (tertiary/aromatic N) is 2. The summed E-state index contributed by atoms with van der Waals surface area (Å²) >= 11 is 0. The van der Waals surface area contributed by atoms with Crippen LogP contribution in [0.2, 0.25) is 0 Å². The molecule has 6 nitrogen and oxygen atoms in total. The van der Waals surface area contributed by atoms with Crippen molar-refractivity contribution in [1.82, 2.24) is 15.2 Å². The third-order valence-electron chi connectivity index (χ3n) is 5.86. The lowest BCUT2D eigenvalue weighted by atomic mass is 9.98. The Balaban J connectivity index is 1.73. The van der Waals surface area contributed by atoms with Gasteiger partial charge in [-0.05, 0) is 62.9 Å². The van der Waals surface area contributed by atoms with Crippen molar-refractivity contribution >= 4 is 12.2 Å². The van der Waals surface area contributed by atoms with Gasteiger partial charge in [-0.3, -0.25) is 14.5 Å².